The lowest BCUT2D eigenvalue weighted by atomic mass is 9.74. The highest BCUT2D eigenvalue weighted by Gasteiger charge is 2.34. The first kappa shape index (κ1) is 25.6. The molecule has 0 amide bonds. The quantitative estimate of drug-likeness (QED) is 0.283. The fraction of sp³-hybridized carbons (Fsp3) is 0.409. The van der Waals surface area contributed by atoms with E-state index in [0.29, 0.717) is 42.8 Å². The van der Waals surface area contributed by atoms with Gasteiger partial charge in [-0.1, -0.05) is 41.9 Å². The summed E-state index contributed by atoms with van der Waals surface area (Å²) in [5.41, 5.74) is 1.66. The molecule has 3 rings (SSSR count). The Morgan fingerprint density at radius 2 is 1.90 bits per heavy atom. The molecule has 1 saturated heterocycles. The molecule has 0 spiro atoms. The molecule has 0 saturated carbocycles. The highest BCUT2D eigenvalue weighted by Crippen LogP contribution is 2.35. The average molecular weight is 566 g/mol. The third-order valence-corrected chi connectivity index (χ3v) is 5.57. The van der Waals surface area contributed by atoms with Gasteiger partial charge in [0.15, 0.2) is 5.96 Å². The highest BCUT2D eigenvalue weighted by molar-refractivity contribution is 14.0. The van der Waals surface area contributed by atoms with E-state index in [2.05, 4.69) is 26.4 Å². The minimum Gasteiger partial charge on any atom is -0.434 e. The molecule has 1 fully saturated rings. The van der Waals surface area contributed by atoms with Crippen LogP contribution < -0.4 is 15.4 Å². The van der Waals surface area contributed by atoms with E-state index < -0.39 is 6.61 Å². The van der Waals surface area contributed by atoms with Crippen LogP contribution in [0.25, 0.3) is 0 Å². The summed E-state index contributed by atoms with van der Waals surface area (Å²) < 4.78 is 35.4. The second-order valence-corrected chi connectivity index (χ2v) is 7.61. The van der Waals surface area contributed by atoms with Gasteiger partial charge in [-0.3, -0.25) is 4.99 Å². The molecule has 0 unspecified atom stereocenters. The Hall–Kier alpha value is -1.65. The number of halogens is 4. The van der Waals surface area contributed by atoms with Crippen molar-refractivity contribution in [2.45, 2.75) is 31.4 Å². The normalized spacial score (nSPS) is 15.8. The maximum Gasteiger partial charge on any atom is 0.387 e. The third kappa shape index (κ3) is 7.18. The van der Waals surface area contributed by atoms with Crippen molar-refractivity contribution in [2.24, 2.45) is 4.99 Å². The van der Waals surface area contributed by atoms with Crippen LogP contribution >= 0.6 is 35.6 Å². The number of aliphatic imine (C=N–C) groups is 1. The lowest BCUT2D eigenvalue weighted by Gasteiger charge is -2.38. The van der Waals surface area contributed by atoms with Crippen molar-refractivity contribution in [1.82, 2.24) is 10.6 Å². The van der Waals surface area contributed by atoms with Crippen LogP contribution in [0.4, 0.5) is 8.78 Å². The summed E-state index contributed by atoms with van der Waals surface area (Å²) in [6, 6.07) is 14.6. The SMILES string of the molecule is CN=C(NCc1ccccc1OC(F)F)NCC1(c2cccc(Cl)c2)CCOCC1.I. The Labute approximate surface area is 203 Å². The molecule has 0 aromatic heterocycles. The highest BCUT2D eigenvalue weighted by atomic mass is 127. The van der Waals surface area contributed by atoms with Gasteiger partial charge in [-0.25, -0.2) is 0 Å². The molecule has 1 aliphatic rings. The summed E-state index contributed by atoms with van der Waals surface area (Å²) in [4.78, 5) is 4.27. The molecule has 0 radical (unpaired) electrons. The standard InChI is InChI=1S/C22H26ClF2N3O2.HI/c1-26-21(27-14-16-5-2-3-8-19(16)30-20(24)25)28-15-22(9-11-29-12-10-22)17-6-4-7-18(23)13-17;/h2-8,13,20H,9-12,14-15H2,1H3,(H2,26,27,28);1H. The number of nitrogens with one attached hydrogen (secondary N) is 2. The Kier molecular flexibility index (Phi) is 10.2. The van der Waals surface area contributed by atoms with Gasteiger partial charge in [0.2, 0.25) is 0 Å². The van der Waals surface area contributed by atoms with E-state index in [9.17, 15) is 8.78 Å². The van der Waals surface area contributed by atoms with E-state index in [-0.39, 0.29) is 35.1 Å². The summed E-state index contributed by atoms with van der Waals surface area (Å²) in [6.45, 7) is -0.562. The molecule has 0 bridgehead atoms. The van der Waals surface area contributed by atoms with Crippen molar-refractivity contribution in [3.63, 3.8) is 0 Å². The molecule has 2 aromatic carbocycles. The second-order valence-electron chi connectivity index (χ2n) is 7.17. The maximum absolute atomic E-state index is 12.6. The fourth-order valence-corrected chi connectivity index (χ4v) is 3.85. The van der Waals surface area contributed by atoms with Gasteiger partial charge in [-0.15, -0.1) is 24.0 Å². The lowest BCUT2D eigenvalue weighted by molar-refractivity contribution is -0.0504. The zero-order valence-corrected chi connectivity index (χ0v) is 20.3. The number of hydrogen-bond donors (Lipinski definition) is 2. The first-order valence-electron chi connectivity index (χ1n) is 9.83. The predicted octanol–water partition coefficient (Wildman–Crippen LogP) is 4.97. The summed E-state index contributed by atoms with van der Waals surface area (Å²) in [7, 11) is 1.67. The maximum atomic E-state index is 12.6. The summed E-state index contributed by atoms with van der Waals surface area (Å²) in [6.07, 6.45) is 1.73. The molecular weight excluding hydrogens is 539 g/mol. The largest absolute Gasteiger partial charge is 0.434 e. The second kappa shape index (κ2) is 12.4. The van der Waals surface area contributed by atoms with E-state index in [0.717, 1.165) is 18.4 Å². The van der Waals surface area contributed by atoms with E-state index in [1.165, 1.54) is 6.07 Å². The minimum absolute atomic E-state index is 0. The number of hydrogen-bond acceptors (Lipinski definition) is 3. The van der Waals surface area contributed by atoms with Gasteiger partial charge < -0.3 is 20.1 Å². The third-order valence-electron chi connectivity index (χ3n) is 5.34. The number of alkyl halides is 2. The summed E-state index contributed by atoms with van der Waals surface area (Å²) >= 11 is 6.23. The number of benzene rings is 2. The van der Waals surface area contributed by atoms with Gasteiger partial charge in [-0.05, 0) is 36.6 Å². The molecule has 1 aliphatic heterocycles. The van der Waals surface area contributed by atoms with Crippen LogP contribution in [-0.2, 0) is 16.7 Å². The van der Waals surface area contributed by atoms with Crippen LogP contribution in [0.3, 0.4) is 0 Å². The zero-order chi connectivity index (χ0) is 21.4. The molecule has 0 aliphatic carbocycles. The topological polar surface area (TPSA) is 54.9 Å². The molecule has 9 heteroatoms. The van der Waals surface area contributed by atoms with Crippen molar-refractivity contribution in [3.8, 4) is 5.75 Å². The van der Waals surface area contributed by atoms with E-state index in [4.69, 9.17) is 16.3 Å². The zero-order valence-electron chi connectivity index (χ0n) is 17.2. The molecule has 2 aromatic rings. The van der Waals surface area contributed by atoms with Crippen molar-refractivity contribution in [3.05, 3.63) is 64.7 Å². The van der Waals surface area contributed by atoms with Gasteiger partial charge in [0, 0.05) is 49.4 Å². The monoisotopic (exact) mass is 565 g/mol. The van der Waals surface area contributed by atoms with Crippen LogP contribution in [0.2, 0.25) is 5.02 Å². The van der Waals surface area contributed by atoms with Crippen molar-refractivity contribution < 1.29 is 18.3 Å². The van der Waals surface area contributed by atoms with Crippen LogP contribution in [0.1, 0.15) is 24.0 Å². The van der Waals surface area contributed by atoms with Crippen molar-refractivity contribution >= 4 is 41.5 Å². The number of para-hydroxylation sites is 1. The van der Waals surface area contributed by atoms with Gasteiger partial charge in [-0.2, -0.15) is 8.78 Å². The van der Waals surface area contributed by atoms with Gasteiger partial charge in [0.05, 0.1) is 0 Å². The lowest BCUT2D eigenvalue weighted by Crippen LogP contribution is -2.48. The Balaban J connectivity index is 0.00000341. The first-order valence-corrected chi connectivity index (χ1v) is 10.2. The van der Waals surface area contributed by atoms with Gasteiger partial charge in [0.25, 0.3) is 0 Å². The number of rotatable bonds is 7. The van der Waals surface area contributed by atoms with Gasteiger partial charge >= 0.3 is 6.61 Å². The molecule has 0 atom stereocenters. The Morgan fingerprint density at radius 1 is 1.16 bits per heavy atom. The molecular formula is C22H27ClF2IN3O2. The Bertz CT molecular complexity index is 864. The number of nitrogens with zero attached hydrogens (tertiary/aromatic N) is 1. The summed E-state index contributed by atoms with van der Waals surface area (Å²) in [5, 5.41) is 7.26. The smallest absolute Gasteiger partial charge is 0.387 e. The predicted molar refractivity (Wildman–Crippen MR) is 130 cm³/mol. The first-order chi connectivity index (χ1) is 14.5. The van der Waals surface area contributed by atoms with Crippen LogP contribution in [0.5, 0.6) is 5.75 Å². The minimum atomic E-state index is -2.87. The fourth-order valence-electron chi connectivity index (χ4n) is 3.66. The van der Waals surface area contributed by atoms with Crippen molar-refractivity contribution in [2.75, 3.05) is 26.8 Å². The van der Waals surface area contributed by atoms with Crippen molar-refractivity contribution in [1.29, 1.82) is 0 Å². The number of ether oxygens (including phenoxy) is 2. The Morgan fingerprint density at radius 3 is 2.58 bits per heavy atom. The molecule has 1 heterocycles. The van der Waals surface area contributed by atoms with E-state index in [1.54, 1.807) is 25.2 Å². The van der Waals surface area contributed by atoms with E-state index in [1.807, 2.05) is 18.2 Å². The average Bonchev–Trinajstić information content (AvgIpc) is 2.75. The van der Waals surface area contributed by atoms with Crippen LogP contribution in [-0.4, -0.2) is 39.4 Å². The van der Waals surface area contributed by atoms with Crippen LogP contribution in [0, 0.1) is 0 Å². The molecule has 170 valence electrons. The van der Waals surface area contributed by atoms with E-state index >= 15 is 0 Å². The van der Waals surface area contributed by atoms with Crippen LogP contribution in [0.15, 0.2) is 53.5 Å². The number of guanidine groups is 1. The molecule has 2 N–H and O–H groups in total. The molecule has 5 nitrogen and oxygen atoms in total. The molecule has 31 heavy (non-hydrogen) atoms. The van der Waals surface area contributed by atoms with Gasteiger partial charge in [0.1, 0.15) is 5.75 Å². The summed E-state index contributed by atoms with van der Waals surface area (Å²) in [5.74, 6) is 0.727.